The molecule has 4 heteroatoms. The Morgan fingerprint density at radius 3 is 3.00 bits per heavy atom. The lowest BCUT2D eigenvalue weighted by Crippen LogP contribution is -2.28. The molecule has 2 aromatic heterocycles. The smallest absolute Gasteiger partial charge is 0.134 e. The minimum absolute atomic E-state index is 0.523. The van der Waals surface area contributed by atoms with E-state index in [1.54, 1.807) is 6.20 Å². The molecule has 0 radical (unpaired) electrons. The van der Waals surface area contributed by atoms with E-state index >= 15 is 0 Å². The Morgan fingerprint density at radius 2 is 2.20 bits per heavy atom. The molecule has 3 rings (SSSR count). The van der Waals surface area contributed by atoms with Gasteiger partial charge in [0, 0.05) is 24.4 Å². The van der Waals surface area contributed by atoms with Gasteiger partial charge in [-0.2, -0.15) is 0 Å². The quantitative estimate of drug-likeness (QED) is 0.898. The Bertz CT molecular complexity index is 576. The van der Waals surface area contributed by atoms with E-state index in [9.17, 15) is 0 Å². The minimum Gasteiger partial charge on any atom is -0.325 e. The Balaban J connectivity index is 1.79. The fourth-order valence-corrected chi connectivity index (χ4v) is 2.59. The molecule has 0 saturated carbocycles. The average Bonchev–Trinajstić information content (AvgIpc) is 2.51. The first kappa shape index (κ1) is 13.1. The van der Waals surface area contributed by atoms with Crippen LogP contribution in [0.2, 0.25) is 0 Å². The maximum Gasteiger partial charge on any atom is 0.134 e. The number of rotatable bonds is 3. The Kier molecular flexibility index (Phi) is 3.92. The van der Waals surface area contributed by atoms with E-state index < -0.39 is 0 Å². The molecule has 2 N–H and O–H groups in total. The molecule has 0 amide bonds. The zero-order valence-electron chi connectivity index (χ0n) is 11.8. The van der Waals surface area contributed by atoms with Crippen molar-refractivity contribution in [2.24, 2.45) is 0 Å². The van der Waals surface area contributed by atoms with Crippen LogP contribution in [0.5, 0.6) is 0 Å². The van der Waals surface area contributed by atoms with Crippen LogP contribution in [0.4, 0.5) is 11.6 Å². The van der Waals surface area contributed by atoms with Gasteiger partial charge in [0.05, 0.1) is 0 Å². The van der Waals surface area contributed by atoms with Gasteiger partial charge in [0.25, 0.3) is 0 Å². The number of hydrogen-bond acceptors (Lipinski definition) is 4. The second kappa shape index (κ2) is 6.01. The van der Waals surface area contributed by atoms with Crippen molar-refractivity contribution in [2.45, 2.75) is 25.7 Å². The lowest BCUT2D eigenvalue weighted by Gasteiger charge is -2.22. The third-order valence-corrected chi connectivity index (χ3v) is 3.74. The molecule has 2 aromatic rings. The first-order valence-electron chi connectivity index (χ1n) is 7.19. The summed E-state index contributed by atoms with van der Waals surface area (Å²) in [7, 11) is 0. The van der Waals surface area contributed by atoms with Crippen molar-refractivity contribution in [2.75, 3.05) is 18.4 Å². The standard InChI is InChI=1S/C16H20N4/c1-12-5-3-10-18-16(12)20-15-8-2-7-14(19-15)13-6-4-9-17-11-13/h2-3,5,7-8,10,13,17H,4,6,9,11H2,1H3,(H,18,19,20). The Labute approximate surface area is 119 Å². The van der Waals surface area contributed by atoms with Gasteiger partial charge in [-0.25, -0.2) is 9.97 Å². The van der Waals surface area contributed by atoms with Gasteiger partial charge in [0.15, 0.2) is 0 Å². The molecule has 4 nitrogen and oxygen atoms in total. The predicted octanol–water partition coefficient (Wildman–Crippen LogP) is 3.00. The number of nitrogens with zero attached hydrogens (tertiary/aromatic N) is 2. The van der Waals surface area contributed by atoms with Crippen LogP contribution in [0.3, 0.4) is 0 Å². The molecule has 3 heterocycles. The summed E-state index contributed by atoms with van der Waals surface area (Å²) in [6.07, 6.45) is 4.24. The summed E-state index contributed by atoms with van der Waals surface area (Å²) >= 11 is 0. The van der Waals surface area contributed by atoms with Crippen LogP contribution in [-0.4, -0.2) is 23.1 Å². The molecular weight excluding hydrogens is 248 g/mol. The molecule has 0 bridgehead atoms. The van der Waals surface area contributed by atoms with Gasteiger partial charge in [-0.05, 0) is 50.1 Å². The SMILES string of the molecule is Cc1cccnc1Nc1cccc(C2CCCNC2)n1. The molecule has 1 aliphatic rings. The number of anilines is 2. The van der Waals surface area contributed by atoms with E-state index in [1.807, 2.05) is 25.1 Å². The Hall–Kier alpha value is -1.94. The number of hydrogen-bond donors (Lipinski definition) is 2. The van der Waals surface area contributed by atoms with Crippen LogP contribution in [0, 0.1) is 6.92 Å². The van der Waals surface area contributed by atoms with Gasteiger partial charge >= 0.3 is 0 Å². The second-order valence-electron chi connectivity index (χ2n) is 5.28. The molecule has 0 aromatic carbocycles. The van der Waals surface area contributed by atoms with E-state index in [0.29, 0.717) is 5.92 Å². The van der Waals surface area contributed by atoms with E-state index in [-0.39, 0.29) is 0 Å². The number of aryl methyl sites for hydroxylation is 1. The maximum absolute atomic E-state index is 4.74. The van der Waals surface area contributed by atoms with Gasteiger partial charge in [-0.15, -0.1) is 0 Å². The van der Waals surface area contributed by atoms with Crippen LogP contribution in [-0.2, 0) is 0 Å². The summed E-state index contributed by atoms with van der Waals surface area (Å²) < 4.78 is 0. The molecule has 1 unspecified atom stereocenters. The number of piperidine rings is 1. The molecule has 1 atom stereocenters. The molecule has 104 valence electrons. The predicted molar refractivity (Wildman–Crippen MR) is 81.3 cm³/mol. The highest BCUT2D eigenvalue weighted by atomic mass is 15.1. The molecule has 0 aliphatic carbocycles. The molecule has 1 aliphatic heterocycles. The highest BCUT2D eigenvalue weighted by molar-refractivity contribution is 5.55. The van der Waals surface area contributed by atoms with Crippen molar-refractivity contribution in [3.63, 3.8) is 0 Å². The highest BCUT2D eigenvalue weighted by Gasteiger charge is 2.16. The molecule has 1 saturated heterocycles. The lowest BCUT2D eigenvalue weighted by molar-refractivity contribution is 0.455. The lowest BCUT2D eigenvalue weighted by atomic mass is 9.96. The van der Waals surface area contributed by atoms with Crippen molar-refractivity contribution in [1.82, 2.24) is 15.3 Å². The summed E-state index contributed by atoms with van der Waals surface area (Å²) in [5, 5.41) is 6.75. The highest BCUT2D eigenvalue weighted by Crippen LogP contribution is 2.23. The zero-order chi connectivity index (χ0) is 13.8. The largest absolute Gasteiger partial charge is 0.325 e. The van der Waals surface area contributed by atoms with E-state index in [4.69, 9.17) is 4.98 Å². The zero-order valence-corrected chi connectivity index (χ0v) is 11.8. The van der Waals surface area contributed by atoms with E-state index in [1.165, 1.54) is 12.8 Å². The van der Waals surface area contributed by atoms with Crippen LogP contribution < -0.4 is 10.6 Å². The summed E-state index contributed by atoms with van der Waals surface area (Å²) in [6, 6.07) is 10.2. The van der Waals surface area contributed by atoms with E-state index in [0.717, 1.165) is 36.0 Å². The number of aromatic nitrogens is 2. The van der Waals surface area contributed by atoms with Crippen molar-refractivity contribution in [1.29, 1.82) is 0 Å². The third-order valence-electron chi connectivity index (χ3n) is 3.74. The van der Waals surface area contributed by atoms with Crippen molar-refractivity contribution in [3.8, 4) is 0 Å². The van der Waals surface area contributed by atoms with Gasteiger partial charge in [0.2, 0.25) is 0 Å². The van der Waals surface area contributed by atoms with Crippen molar-refractivity contribution >= 4 is 11.6 Å². The average molecular weight is 268 g/mol. The maximum atomic E-state index is 4.74. The van der Waals surface area contributed by atoms with Crippen LogP contribution in [0.25, 0.3) is 0 Å². The third kappa shape index (κ3) is 2.96. The first-order chi connectivity index (χ1) is 9.83. The van der Waals surface area contributed by atoms with Crippen LogP contribution >= 0.6 is 0 Å². The van der Waals surface area contributed by atoms with Gasteiger partial charge in [-0.3, -0.25) is 0 Å². The van der Waals surface area contributed by atoms with Crippen LogP contribution in [0.15, 0.2) is 36.5 Å². The fourth-order valence-electron chi connectivity index (χ4n) is 2.59. The second-order valence-corrected chi connectivity index (χ2v) is 5.28. The monoisotopic (exact) mass is 268 g/mol. The summed E-state index contributed by atoms with van der Waals surface area (Å²) in [4.78, 5) is 9.09. The van der Waals surface area contributed by atoms with Crippen LogP contribution in [0.1, 0.15) is 30.0 Å². The van der Waals surface area contributed by atoms with Gasteiger partial charge in [-0.1, -0.05) is 12.1 Å². The van der Waals surface area contributed by atoms with Crippen molar-refractivity contribution < 1.29 is 0 Å². The van der Waals surface area contributed by atoms with Gasteiger partial charge < -0.3 is 10.6 Å². The molecular formula is C16H20N4. The topological polar surface area (TPSA) is 49.8 Å². The van der Waals surface area contributed by atoms with E-state index in [2.05, 4.69) is 27.8 Å². The minimum atomic E-state index is 0.523. The molecule has 0 spiro atoms. The Morgan fingerprint density at radius 1 is 1.25 bits per heavy atom. The molecule has 20 heavy (non-hydrogen) atoms. The molecule has 1 fully saturated rings. The fraction of sp³-hybridized carbons (Fsp3) is 0.375. The summed E-state index contributed by atoms with van der Waals surface area (Å²) in [5.74, 6) is 2.27. The first-order valence-corrected chi connectivity index (χ1v) is 7.19. The number of nitrogens with one attached hydrogen (secondary N) is 2. The summed E-state index contributed by atoms with van der Waals surface area (Å²) in [5.41, 5.74) is 2.29. The normalized spacial score (nSPS) is 18.8. The summed E-state index contributed by atoms with van der Waals surface area (Å²) in [6.45, 7) is 4.20. The van der Waals surface area contributed by atoms with Gasteiger partial charge in [0.1, 0.15) is 11.6 Å². The number of pyridine rings is 2. The van der Waals surface area contributed by atoms with Crippen molar-refractivity contribution in [3.05, 3.63) is 47.8 Å².